The van der Waals surface area contributed by atoms with Gasteiger partial charge in [-0.3, -0.25) is 0 Å². The van der Waals surface area contributed by atoms with Crippen LogP contribution in [0.1, 0.15) is 23.3 Å². The second-order valence-corrected chi connectivity index (χ2v) is 7.84. The van der Waals surface area contributed by atoms with E-state index in [0.29, 0.717) is 18.1 Å². The molecule has 1 aliphatic rings. The van der Waals surface area contributed by atoms with Gasteiger partial charge in [-0.05, 0) is 30.7 Å². The molecule has 1 aliphatic heterocycles. The molecule has 2 heterocycles. The molecule has 1 saturated heterocycles. The van der Waals surface area contributed by atoms with Crippen LogP contribution in [0.2, 0.25) is 0 Å². The van der Waals surface area contributed by atoms with Crippen molar-refractivity contribution in [2.45, 2.75) is 36.6 Å². The second-order valence-electron chi connectivity index (χ2n) is 4.67. The van der Waals surface area contributed by atoms with Gasteiger partial charge < -0.3 is 4.74 Å². The summed E-state index contributed by atoms with van der Waals surface area (Å²) in [6, 6.07) is 0.0150. The minimum absolute atomic E-state index is 0.0150. The number of thiophene rings is 1. The average Bonchev–Trinajstić information content (AvgIpc) is 2.80. The number of sulfonamides is 1. The lowest BCUT2D eigenvalue weighted by atomic mass is 10.1. The Morgan fingerprint density at radius 3 is 2.68 bits per heavy atom. The fourth-order valence-electron chi connectivity index (χ4n) is 2.31. The van der Waals surface area contributed by atoms with Crippen molar-refractivity contribution in [3.8, 4) is 0 Å². The van der Waals surface area contributed by atoms with Crippen LogP contribution in [0, 0.1) is 6.92 Å². The number of rotatable bonds is 4. The first kappa shape index (κ1) is 15.3. The number of hydrogen-bond donors (Lipinski definition) is 0. The van der Waals surface area contributed by atoms with E-state index in [9.17, 15) is 8.42 Å². The summed E-state index contributed by atoms with van der Waals surface area (Å²) < 4.78 is 32.2. The minimum atomic E-state index is -3.46. The molecule has 0 radical (unpaired) electrons. The number of aryl methyl sites for hydroxylation is 1. The predicted octanol–water partition coefficient (Wildman–Crippen LogP) is 2.59. The van der Waals surface area contributed by atoms with Crippen LogP contribution in [0.5, 0.6) is 0 Å². The van der Waals surface area contributed by atoms with E-state index in [1.54, 1.807) is 7.05 Å². The van der Waals surface area contributed by atoms with Gasteiger partial charge in [0.2, 0.25) is 10.0 Å². The molecule has 1 aromatic rings. The van der Waals surface area contributed by atoms with Crippen molar-refractivity contribution in [3.63, 3.8) is 0 Å². The molecular formula is C12H18ClNO3S2. The molecule has 0 aromatic carbocycles. The van der Waals surface area contributed by atoms with Gasteiger partial charge in [0, 0.05) is 31.2 Å². The first-order chi connectivity index (χ1) is 8.98. The largest absolute Gasteiger partial charge is 0.381 e. The molecule has 0 spiro atoms. The van der Waals surface area contributed by atoms with E-state index in [2.05, 4.69) is 0 Å². The smallest absolute Gasteiger partial charge is 0.244 e. The molecule has 0 N–H and O–H groups in total. The minimum Gasteiger partial charge on any atom is -0.381 e. The van der Waals surface area contributed by atoms with E-state index >= 15 is 0 Å². The fraction of sp³-hybridized carbons (Fsp3) is 0.667. The molecule has 2 rings (SSSR count). The lowest BCUT2D eigenvalue weighted by molar-refractivity contribution is 0.0632. The topological polar surface area (TPSA) is 46.6 Å². The van der Waals surface area contributed by atoms with Crippen LogP contribution in [0.3, 0.4) is 0 Å². The van der Waals surface area contributed by atoms with Gasteiger partial charge in [-0.25, -0.2) is 8.42 Å². The summed E-state index contributed by atoms with van der Waals surface area (Å²) in [6.45, 7) is 3.06. The summed E-state index contributed by atoms with van der Waals surface area (Å²) in [4.78, 5) is 1.11. The van der Waals surface area contributed by atoms with Gasteiger partial charge >= 0.3 is 0 Å². The van der Waals surface area contributed by atoms with Crippen LogP contribution < -0.4 is 0 Å². The van der Waals surface area contributed by atoms with Crippen molar-refractivity contribution in [2.24, 2.45) is 0 Å². The SMILES string of the molecule is Cc1csc(CCl)c1S(=O)(=O)N(C)C1CCOCC1. The van der Waals surface area contributed by atoms with Crippen molar-refractivity contribution in [3.05, 3.63) is 15.8 Å². The van der Waals surface area contributed by atoms with Crippen LogP contribution in [-0.4, -0.2) is 39.0 Å². The summed E-state index contributed by atoms with van der Waals surface area (Å²) in [7, 11) is -1.81. The molecule has 0 bridgehead atoms. The Kier molecular flexibility index (Phi) is 4.89. The predicted molar refractivity (Wildman–Crippen MR) is 77.4 cm³/mol. The van der Waals surface area contributed by atoms with Gasteiger partial charge in [-0.2, -0.15) is 4.31 Å². The van der Waals surface area contributed by atoms with Crippen molar-refractivity contribution < 1.29 is 13.2 Å². The molecule has 0 unspecified atom stereocenters. The van der Waals surface area contributed by atoms with Crippen molar-refractivity contribution in [2.75, 3.05) is 20.3 Å². The normalized spacial score (nSPS) is 18.1. The zero-order valence-electron chi connectivity index (χ0n) is 11.1. The van der Waals surface area contributed by atoms with E-state index in [0.717, 1.165) is 23.3 Å². The fourth-order valence-corrected chi connectivity index (χ4v) is 5.74. The van der Waals surface area contributed by atoms with Gasteiger partial charge in [0.15, 0.2) is 0 Å². The monoisotopic (exact) mass is 323 g/mol. The zero-order valence-corrected chi connectivity index (χ0v) is 13.4. The van der Waals surface area contributed by atoms with Crippen molar-refractivity contribution >= 4 is 33.0 Å². The molecule has 1 aromatic heterocycles. The van der Waals surface area contributed by atoms with Crippen LogP contribution >= 0.6 is 22.9 Å². The summed E-state index contributed by atoms with van der Waals surface area (Å²) in [5.41, 5.74) is 0.777. The number of nitrogens with zero attached hydrogens (tertiary/aromatic N) is 1. The van der Waals surface area contributed by atoms with Crippen molar-refractivity contribution in [1.29, 1.82) is 0 Å². The molecule has 0 saturated carbocycles. The highest BCUT2D eigenvalue weighted by molar-refractivity contribution is 7.89. The third-order valence-corrected chi connectivity index (χ3v) is 7.25. The Labute approximate surface area is 123 Å². The van der Waals surface area contributed by atoms with E-state index in [1.807, 2.05) is 12.3 Å². The quantitative estimate of drug-likeness (QED) is 0.800. The van der Waals surface area contributed by atoms with Crippen molar-refractivity contribution in [1.82, 2.24) is 4.31 Å². The van der Waals surface area contributed by atoms with Crippen LogP contribution in [0.4, 0.5) is 0 Å². The molecule has 7 heteroatoms. The highest BCUT2D eigenvalue weighted by Gasteiger charge is 2.32. The molecule has 1 fully saturated rings. The molecule has 0 amide bonds. The first-order valence-corrected chi connectivity index (χ1v) is 9.02. The zero-order chi connectivity index (χ0) is 14.0. The Morgan fingerprint density at radius 1 is 1.47 bits per heavy atom. The lowest BCUT2D eigenvalue weighted by Gasteiger charge is -2.30. The molecule has 19 heavy (non-hydrogen) atoms. The number of ether oxygens (including phenoxy) is 1. The van der Waals surface area contributed by atoms with Crippen LogP contribution in [0.15, 0.2) is 10.3 Å². The van der Waals surface area contributed by atoms with Crippen LogP contribution in [0.25, 0.3) is 0 Å². The summed E-state index contributed by atoms with van der Waals surface area (Å²) in [6.07, 6.45) is 1.49. The molecule has 0 atom stereocenters. The Balaban J connectivity index is 2.33. The molecule has 4 nitrogen and oxygen atoms in total. The van der Waals surface area contributed by atoms with Crippen LogP contribution in [-0.2, 0) is 20.6 Å². The summed E-state index contributed by atoms with van der Waals surface area (Å²) in [5.74, 6) is 0.231. The van der Waals surface area contributed by atoms with Gasteiger partial charge in [0.05, 0.1) is 5.88 Å². The average molecular weight is 324 g/mol. The van der Waals surface area contributed by atoms with Gasteiger partial charge in [0.1, 0.15) is 4.90 Å². The molecule has 0 aliphatic carbocycles. The molecule has 108 valence electrons. The number of hydrogen-bond acceptors (Lipinski definition) is 4. The summed E-state index contributed by atoms with van der Waals surface area (Å²) in [5, 5.41) is 1.85. The maximum atomic E-state index is 12.7. The first-order valence-electron chi connectivity index (χ1n) is 6.17. The maximum absolute atomic E-state index is 12.7. The number of halogens is 1. The Bertz CT molecular complexity index is 535. The second kappa shape index (κ2) is 6.10. The van der Waals surface area contributed by atoms with E-state index in [-0.39, 0.29) is 11.9 Å². The Hall–Kier alpha value is -0.140. The third kappa shape index (κ3) is 2.97. The highest BCUT2D eigenvalue weighted by atomic mass is 35.5. The van der Waals surface area contributed by atoms with E-state index < -0.39 is 10.0 Å². The van der Waals surface area contributed by atoms with Gasteiger partial charge in [0.25, 0.3) is 0 Å². The summed E-state index contributed by atoms with van der Waals surface area (Å²) >= 11 is 7.25. The molecular weight excluding hydrogens is 306 g/mol. The third-order valence-electron chi connectivity index (χ3n) is 3.45. The van der Waals surface area contributed by atoms with E-state index in [4.69, 9.17) is 16.3 Å². The number of alkyl halides is 1. The lowest BCUT2D eigenvalue weighted by Crippen LogP contribution is -2.40. The highest BCUT2D eigenvalue weighted by Crippen LogP contribution is 2.32. The Morgan fingerprint density at radius 2 is 2.11 bits per heavy atom. The van der Waals surface area contributed by atoms with Gasteiger partial charge in [-0.15, -0.1) is 22.9 Å². The van der Waals surface area contributed by atoms with Gasteiger partial charge in [-0.1, -0.05) is 0 Å². The maximum Gasteiger partial charge on any atom is 0.244 e. The standard InChI is InChI=1S/C12H18ClNO3S2/c1-9-8-18-11(7-13)12(9)19(15,16)14(2)10-3-5-17-6-4-10/h8,10H,3-7H2,1-2H3. The van der Waals surface area contributed by atoms with E-state index in [1.165, 1.54) is 15.6 Å².